The molecule has 0 saturated heterocycles. The molecule has 0 fully saturated rings. The quantitative estimate of drug-likeness (QED) is 0.785. The molecule has 0 amide bonds. The van der Waals surface area contributed by atoms with Gasteiger partial charge in [0.05, 0.1) is 23.9 Å². The fraction of sp³-hybridized carbons (Fsp3) is 0.333. The van der Waals surface area contributed by atoms with Crippen LogP contribution in [0.2, 0.25) is 0 Å². The minimum Gasteiger partial charge on any atom is -0.496 e. The van der Waals surface area contributed by atoms with Gasteiger partial charge in [-0.15, -0.1) is 0 Å². The van der Waals surface area contributed by atoms with Gasteiger partial charge < -0.3 is 14.0 Å². The number of aryl methyl sites for hydroxylation is 2. The summed E-state index contributed by atoms with van der Waals surface area (Å²) >= 11 is 0. The van der Waals surface area contributed by atoms with Crippen molar-refractivity contribution in [2.75, 3.05) is 7.11 Å². The van der Waals surface area contributed by atoms with Gasteiger partial charge in [-0.2, -0.15) is 0 Å². The Morgan fingerprint density at radius 1 is 1.35 bits per heavy atom. The van der Waals surface area contributed by atoms with Crippen LogP contribution in [-0.4, -0.2) is 18.0 Å². The third-order valence-corrected chi connectivity index (χ3v) is 3.12. The summed E-state index contributed by atoms with van der Waals surface area (Å²) in [5.41, 5.74) is 2.28. The number of hydrogen-bond donors (Lipinski definition) is 0. The van der Waals surface area contributed by atoms with Crippen LogP contribution in [0.4, 0.5) is 0 Å². The molecule has 0 saturated carbocycles. The van der Waals surface area contributed by atoms with Crippen molar-refractivity contribution in [3.8, 4) is 11.5 Å². The summed E-state index contributed by atoms with van der Waals surface area (Å²) < 4.78 is 16.0. The van der Waals surface area contributed by atoms with Crippen molar-refractivity contribution >= 4 is 5.78 Å². The van der Waals surface area contributed by atoms with Gasteiger partial charge >= 0.3 is 0 Å². The van der Waals surface area contributed by atoms with Gasteiger partial charge in [-0.25, -0.2) is 0 Å². The zero-order chi connectivity index (χ0) is 14.7. The second-order valence-corrected chi connectivity index (χ2v) is 4.51. The Bertz CT molecular complexity index is 611. The molecule has 1 aromatic heterocycles. The van der Waals surface area contributed by atoms with E-state index in [0.29, 0.717) is 23.7 Å². The number of rotatable bonds is 5. The molecule has 1 heterocycles. The number of aromatic nitrogens is 1. The van der Waals surface area contributed by atoms with Crippen LogP contribution < -0.4 is 9.47 Å². The van der Waals surface area contributed by atoms with Gasteiger partial charge in [-0.3, -0.25) is 4.79 Å². The van der Waals surface area contributed by atoms with Crippen LogP contribution in [0.1, 0.15) is 34.3 Å². The van der Waals surface area contributed by atoms with Crippen molar-refractivity contribution in [3.05, 3.63) is 40.8 Å². The average Bonchev–Trinajstić information content (AvgIpc) is 2.75. The Labute approximate surface area is 117 Å². The molecule has 0 aliphatic rings. The zero-order valence-corrected chi connectivity index (χ0v) is 12.0. The lowest BCUT2D eigenvalue weighted by Crippen LogP contribution is -2.01. The van der Waals surface area contributed by atoms with Crippen LogP contribution in [0.15, 0.2) is 22.7 Å². The fourth-order valence-electron chi connectivity index (χ4n) is 1.92. The Kier molecular flexibility index (Phi) is 4.08. The predicted molar refractivity (Wildman–Crippen MR) is 73.3 cm³/mol. The topological polar surface area (TPSA) is 61.6 Å². The number of Topliss-reactive ketones (excluding diaryl/α,β-unsaturated/α-hetero) is 1. The van der Waals surface area contributed by atoms with Crippen LogP contribution in [0, 0.1) is 13.8 Å². The van der Waals surface area contributed by atoms with Gasteiger partial charge in [0.1, 0.15) is 23.9 Å². The highest BCUT2D eigenvalue weighted by atomic mass is 16.5. The standard InChI is InChI=1S/C15H17NO4/c1-9-14(11(3)20-16-9)8-19-12-5-6-13(10(2)17)15(7-12)18-4/h5-7H,8H2,1-4H3. The summed E-state index contributed by atoms with van der Waals surface area (Å²) in [6.45, 7) is 5.58. The smallest absolute Gasteiger partial charge is 0.163 e. The Morgan fingerprint density at radius 3 is 2.65 bits per heavy atom. The van der Waals surface area contributed by atoms with E-state index in [9.17, 15) is 4.79 Å². The third kappa shape index (κ3) is 2.82. The number of methoxy groups -OCH3 is 1. The minimum atomic E-state index is -0.0425. The summed E-state index contributed by atoms with van der Waals surface area (Å²) in [5.74, 6) is 1.84. The highest BCUT2D eigenvalue weighted by Gasteiger charge is 2.12. The molecule has 5 nitrogen and oxygen atoms in total. The molecule has 20 heavy (non-hydrogen) atoms. The fourth-order valence-corrected chi connectivity index (χ4v) is 1.92. The van der Waals surface area contributed by atoms with Crippen molar-refractivity contribution in [1.29, 1.82) is 0 Å². The minimum absolute atomic E-state index is 0.0425. The zero-order valence-electron chi connectivity index (χ0n) is 12.0. The number of hydrogen-bond acceptors (Lipinski definition) is 5. The van der Waals surface area contributed by atoms with Crippen molar-refractivity contribution in [2.24, 2.45) is 0 Å². The van der Waals surface area contributed by atoms with E-state index in [1.807, 2.05) is 13.8 Å². The van der Waals surface area contributed by atoms with Crippen LogP contribution in [-0.2, 0) is 6.61 Å². The van der Waals surface area contributed by atoms with E-state index in [4.69, 9.17) is 14.0 Å². The van der Waals surface area contributed by atoms with E-state index in [2.05, 4.69) is 5.16 Å². The Balaban J connectivity index is 2.16. The molecule has 2 aromatic rings. The summed E-state index contributed by atoms with van der Waals surface area (Å²) in [6, 6.07) is 5.15. The van der Waals surface area contributed by atoms with Crippen LogP contribution in [0.5, 0.6) is 11.5 Å². The third-order valence-electron chi connectivity index (χ3n) is 3.12. The molecule has 106 valence electrons. The van der Waals surface area contributed by atoms with E-state index in [1.165, 1.54) is 14.0 Å². The molecule has 5 heteroatoms. The molecule has 0 spiro atoms. The molecule has 0 radical (unpaired) electrons. The van der Waals surface area contributed by atoms with Crippen molar-refractivity contribution in [2.45, 2.75) is 27.4 Å². The lowest BCUT2D eigenvalue weighted by molar-refractivity contribution is 0.101. The van der Waals surface area contributed by atoms with Crippen LogP contribution in [0.25, 0.3) is 0 Å². The Hall–Kier alpha value is -2.30. The summed E-state index contributed by atoms with van der Waals surface area (Å²) in [4.78, 5) is 11.4. The lowest BCUT2D eigenvalue weighted by Gasteiger charge is -2.10. The summed E-state index contributed by atoms with van der Waals surface area (Å²) in [6.07, 6.45) is 0. The molecule has 0 aliphatic carbocycles. The molecule has 0 bridgehead atoms. The predicted octanol–water partition coefficient (Wildman–Crippen LogP) is 3.08. The first-order valence-corrected chi connectivity index (χ1v) is 6.26. The maximum absolute atomic E-state index is 11.4. The van der Waals surface area contributed by atoms with E-state index in [-0.39, 0.29) is 5.78 Å². The maximum Gasteiger partial charge on any atom is 0.163 e. The first-order valence-electron chi connectivity index (χ1n) is 6.26. The molecule has 0 aliphatic heterocycles. The number of ketones is 1. The molecule has 0 atom stereocenters. The molecule has 0 unspecified atom stereocenters. The lowest BCUT2D eigenvalue weighted by atomic mass is 10.1. The SMILES string of the molecule is COc1cc(OCc2c(C)noc2C)ccc1C(C)=O. The second-order valence-electron chi connectivity index (χ2n) is 4.51. The number of ether oxygens (including phenoxy) is 2. The van der Waals surface area contributed by atoms with E-state index >= 15 is 0 Å². The largest absolute Gasteiger partial charge is 0.496 e. The highest BCUT2D eigenvalue weighted by molar-refractivity contribution is 5.97. The van der Waals surface area contributed by atoms with Gasteiger partial charge in [-0.1, -0.05) is 5.16 Å². The van der Waals surface area contributed by atoms with Crippen LogP contribution >= 0.6 is 0 Å². The second kappa shape index (κ2) is 5.77. The highest BCUT2D eigenvalue weighted by Crippen LogP contribution is 2.26. The van der Waals surface area contributed by atoms with Crippen molar-refractivity contribution < 1.29 is 18.8 Å². The molecule has 1 aromatic carbocycles. The van der Waals surface area contributed by atoms with Crippen LogP contribution in [0.3, 0.4) is 0 Å². The van der Waals surface area contributed by atoms with Crippen molar-refractivity contribution in [3.63, 3.8) is 0 Å². The molecular weight excluding hydrogens is 258 g/mol. The molecule has 0 N–H and O–H groups in total. The van der Waals surface area contributed by atoms with E-state index in [0.717, 1.165) is 17.0 Å². The number of carbonyl (C=O) groups is 1. The number of carbonyl (C=O) groups excluding carboxylic acids is 1. The average molecular weight is 275 g/mol. The van der Waals surface area contributed by atoms with Gasteiger partial charge in [0.2, 0.25) is 0 Å². The normalized spacial score (nSPS) is 10.4. The monoisotopic (exact) mass is 275 g/mol. The first kappa shape index (κ1) is 14.1. The molecule has 2 rings (SSSR count). The van der Waals surface area contributed by atoms with Gasteiger partial charge in [0.25, 0.3) is 0 Å². The summed E-state index contributed by atoms with van der Waals surface area (Å²) in [5, 5.41) is 3.88. The van der Waals surface area contributed by atoms with Gasteiger partial charge in [0, 0.05) is 6.07 Å². The van der Waals surface area contributed by atoms with E-state index in [1.54, 1.807) is 18.2 Å². The first-order chi connectivity index (χ1) is 9.52. The Morgan fingerprint density at radius 2 is 2.10 bits per heavy atom. The van der Waals surface area contributed by atoms with Crippen molar-refractivity contribution in [1.82, 2.24) is 5.16 Å². The summed E-state index contributed by atoms with van der Waals surface area (Å²) in [7, 11) is 1.53. The maximum atomic E-state index is 11.4. The van der Waals surface area contributed by atoms with Gasteiger partial charge in [-0.05, 0) is 32.9 Å². The number of nitrogens with zero attached hydrogens (tertiary/aromatic N) is 1. The van der Waals surface area contributed by atoms with E-state index < -0.39 is 0 Å². The molecular formula is C15H17NO4. The number of benzene rings is 1. The van der Waals surface area contributed by atoms with Gasteiger partial charge in [0.15, 0.2) is 5.78 Å².